The van der Waals surface area contributed by atoms with Crippen LogP contribution in [0.2, 0.25) is 0 Å². The Morgan fingerprint density at radius 3 is 2.62 bits per heavy atom. The molecule has 1 N–H and O–H groups in total. The summed E-state index contributed by atoms with van der Waals surface area (Å²) in [6, 6.07) is 1.73. The number of nitriles is 1. The molecule has 0 spiro atoms. The van der Waals surface area contributed by atoms with Gasteiger partial charge in [0.25, 0.3) is 0 Å². The predicted molar refractivity (Wildman–Crippen MR) is 43.5 cm³/mol. The van der Waals surface area contributed by atoms with Gasteiger partial charge in [0.05, 0.1) is 29.4 Å². The van der Waals surface area contributed by atoms with Gasteiger partial charge in [-0.1, -0.05) is 0 Å². The van der Waals surface area contributed by atoms with Gasteiger partial charge in [-0.15, -0.1) is 0 Å². The topological polar surface area (TPSA) is 95.2 Å². The first-order valence-electron chi connectivity index (χ1n) is 3.79. The van der Waals surface area contributed by atoms with E-state index in [1.54, 1.807) is 6.07 Å². The molecule has 0 amide bonds. The van der Waals surface area contributed by atoms with Crippen molar-refractivity contribution in [3.63, 3.8) is 0 Å². The second-order valence-electron chi connectivity index (χ2n) is 3.08. The van der Waals surface area contributed by atoms with Crippen LogP contribution in [-0.4, -0.2) is 31.0 Å². The fraction of sp³-hybridized carbons (Fsp3) is 0.714. The number of carboxylic acid groups (broad SMARTS) is 1. The maximum Gasteiger partial charge on any atom is 0.307 e. The fourth-order valence-electron chi connectivity index (χ4n) is 1.40. The summed E-state index contributed by atoms with van der Waals surface area (Å²) in [6.07, 6.45) is 0.0515. The molecular formula is C7H9NO4S. The SMILES string of the molecule is N#C[C@H]1CS(=O)(=O)CC[C@H]1C(=O)O. The van der Waals surface area contributed by atoms with Gasteiger partial charge < -0.3 is 5.11 Å². The lowest BCUT2D eigenvalue weighted by Crippen LogP contribution is -2.36. The Labute approximate surface area is 75.9 Å². The summed E-state index contributed by atoms with van der Waals surface area (Å²) < 4.78 is 22.1. The first-order chi connectivity index (χ1) is 5.96. The number of nitrogens with zero attached hydrogens (tertiary/aromatic N) is 1. The molecular weight excluding hydrogens is 194 g/mol. The van der Waals surface area contributed by atoms with Crippen LogP contribution in [0.4, 0.5) is 0 Å². The second kappa shape index (κ2) is 3.34. The Kier molecular flexibility index (Phi) is 2.57. The normalized spacial score (nSPS) is 31.9. The molecule has 1 fully saturated rings. The van der Waals surface area contributed by atoms with Crippen molar-refractivity contribution in [1.29, 1.82) is 5.26 Å². The van der Waals surface area contributed by atoms with Crippen LogP contribution >= 0.6 is 0 Å². The average Bonchev–Trinajstić information content (AvgIpc) is 2.01. The molecule has 13 heavy (non-hydrogen) atoms. The summed E-state index contributed by atoms with van der Waals surface area (Å²) >= 11 is 0. The molecule has 0 aromatic carbocycles. The molecule has 0 aromatic heterocycles. The van der Waals surface area contributed by atoms with Crippen molar-refractivity contribution in [2.75, 3.05) is 11.5 Å². The number of rotatable bonds is 1. The minimum atomic E-state index is -3.20. The third-order valence-corrected chi connectivity index (χ3v) is 3.87. The molecule has 1 heterocycles. The fourth-order valence-corrected chi connectivity index (χ4v) is 3.04. The summed E-state index contributed by atoms with van der Waals surface area (Å²) in [5.74, 6) is -3.24. The van der Waals surface area contributed by atoms with E-state index in [0.29, 0.717) is 0 Å². The summed E-state index contributed by atoms with van der Waals surface area (Å²) in [5, 5.41) is 17.2. The van der Waals surface area contributed by atoms with Crippen molar-refractivity contribution >= 4 is 15.8 Å². The van der Waals surface area contributed by atoms with Gasteiger partial charge >= 0.3 is 5.97 Å². The molecule has 72 valence electrons. The zero-order valence-corrected chi connectivity index (χ0v) is 7.62. The molecule has 2 atom stereocenters. The van der Waals surface area contributed by atoms with E-state index in [2.05, 4.69) is 0 Å². The van der Waals surface area contributed by atoms with Crippen molar-refractivity contribution in [2.24, 2.45) is 11.8 Å². The number of sulfone groups is 1. The maximum absolute atomic E-state index is 11.0. The predicted octanol–water partition coefficient (Wildman–Crippen LogP) is -0.355. The van der Waals surface area contributed by atoms with E-state index in [1.807, 2.05) is 0 Å². The van der Waals surface area contributed by atoms with E-state index >= 15 is 0 Å². The van der Waals surface area contributed by atoms with Gasteiger partial charge in [0.15, 0.2) is 9.84 Å². The van der Waals surface area contributed by atoms with E-state index < -0.39 is 27.6 Å². The summed E-state index contributed by atoms with van der Waals surface area (Å²) in [6.45, 7) is 0. The molecule has 1 aliphatic heterocycles. The maximum atomic E-state index is 11.0. The van der Waals surface area contributed by atoms with Crippen molar-refractivity contribution in [3.05, 3.63) is 0 Å². The molecule has 0 radical (unpaired) electrons. The van der Waals surface area contributed by atoms with Crippen LogP contribution in [-0.2, 0) is 14.6 Å². The molecule has 1 aliphatic rings. The zero-order chi connectivity index (χ0) is 10.1. The van der Waals surface area contributed by atoms with E-state index in [-0.39, 0.29) is 17.9 Å². The van der Waals surface area contributed by atoms with E-state index in [9.17, 15) is 13.2 Å². The highest BCUT2D eigenvalue weighted by atomic mass is 32.2. The highest BCUT2D eigenvalue weighted by Crippen LogP contribution is 2.24. The Bertz CT molecular complexity index is 353. The van der Waals surface area contributed by atoms with Crippen LogP contribution < -0.4 is 0 Å². The zero-order valence-electron chi connectivity index (χ0n) is 6.80. The third-order valence-electron chi connectivity index (χ3n) is 2.14. The molecule has 0 aromatic rings. The quantitative estimate of drug-likeness (QED) is 0.628. The van der Waals surface area contributed by atoms with Crippen LogP contribution in [0.25, 0.3) is 0 Å². The molecule has 1 rings (SSSR count). The van der Waals surface area contributed by atoms with Crippen molar-refractivity contribution in [2.45, 2.75) is 6.42 Å². The molecule has 0 aliphatic carbocycles. The molecule has 0 saturated carbocycles. The number of hydrogen-bond acceptors (Lipinski definition) is 4. The first kappa shape index (κ1) is 9.99. The Hall–Kier alpha value is -1.09. The van der Waals surface area contributed by atoms with Crippen LogP contribution in [0, 0.1) is 23.2 Å². The van der Waals surface area contributed by atoms with E-state index in [0.717, 1.165) is 0 Å². The largest absolute Gasteiger partial charge is 0.481 e. The molecule has 0 bridgehead atoms. The molecule has 6 heteroatoms. The van der Waals surface area contributed by atoms with Crippen LogP contribution in [0.15, 0.2) is 0 Å². The van der Waals surface area contributed by atoms with Gasteiger partial charge in [-0.25, -0.2) is 8.42 Å². The van der Waals surface area contributed by atoms with Crippen LogP contribution in [0.1, 0.15) is 6.42 Å². The highest BCUT2D eigenvalue weighted by molar-refractivity contribution is 7.91. The standard InChI is InChI=1S/C7H9NO4S/c8-3-5-4-13(11,12)2-1-6(5)7(9)10/h5-6H,1-2,4H2,(H,9,10)/t5-,6+/m0/s1. The van der Waals surface area contributed by atoms with Gasteiger partial charge in [-0.2, -0.15) is 5.26 Å². The summed E-state index contributed by atoms with van der Waals surface area (Å²) in [5.41, 5.74) is 0. The van der Waals surface area contributed by atoms with Crippen molar-refractivity contribution in [3.8, 4) is 6.07 Å². The van der Waals surface area contributed by atoms with E-state index in [4.69, 9.17) is 10.4 Å². The van der Waals surface area contributed by atoms with Crippen LogP contribution in [0.5, 0.6) is 0 Å². The summed E-state index contributed by atoms with van der Waals surface area (Å²) in [7, 11) is -3.20. The van der Waals surface area contributed by atoms with Gasteiger partial charge in [0.1, 0.15) is 0 Å². The van der Waals surface area contributed by atoms with E-state index in [1.165, 1.54) is 0 Å². The molecule has 5 nitrogen and oxygen atoms in total. The molecule has 0 unspecified atom stereocenters. The Morgan fingerprint density at radius 1 is 1.54 bits per heavy atom. The first-order valence-corrected chi connectivity index (χ1v) is 5.61. The lowest BCUT2D eigenvalue weighted by atomic mass is 9.92. The van der Waals surface area contributed by atoms with Crippen molar-refractivity contribution < 1.29 is 18.3 Å². The minimum absolute atomic E-state index is 0.0515. The number of aliphatic carboxylic acids is 1. The lowest BCUT2D eigenvalue weighted by Gasteiger charge is -2.22. The van der Waals surface area contributed by atoms with Crippen molar-refractivity contribution in [1.82, 2.24) is 0 Å². The highest BCUT2D eigenvalue weighted by Gasteiger charge is 2.37. The smallest absolute Gasteiger partial charge is 0.307 e. The lowest BCUT2D eigenvalue weighted by molar-refractivity contribution is -0.142. The third kappa shape index (κ3) is 2.18. The summed E-state index contributed by atoms with van der Waals surface area (Å²) in [4.78, 5) is 10.6. The van der Waals surface area contributed by atoms with Gasteiger partial charge in [-0.3, -0.25) is 4.79 Å². The monoisotopic (exact) mass is 203 g/mol. The number of carboxylic acids is 1. The van der Waals surface area contributed by atoms with Gasteiger partial charge in [-0.05, 0) is 6.42 Å². The number of carbonyl (C=O) groups is 1. The second-order valence-corrected chi connectivity index (χ2v) is 5.31. The Morgan fingerprint density at radius 2 is 2.15 bits per heavy atom. The minimum Gasteiger partial charge on any atom is -0.481 e. The molecule has 1 saturated heterocycles. The Balaban J connectivity index is 2.85. The number of hydrogen-bond donors (Lipinski definition) is 1. The van der Waals surface area contributed by atoms with Gasteiger partial charge in [0.2, 0.25) is 0 Å². The van der Waals surface area contributed by atoms with Gasteiger partial charge in [0, 0.05) is 0 Å². The van der Waals surface area contributed by atoms with Crippen LogP contribution in [0.3, 0.4) is 0 Å². The average molecular weight is 203 g/mol.